The third-order valence-corrected chi connectivity index (χ3v) is 4.82. The Hall–Kier alpha value is -0.540. The van der Waals surface area contributed by atoms with Gasteiger partial charge in [-0.15, -0.1) is 0 Å². The van der Waals surface area contributed by atoms with Crippen molar-refractivity contribution in [1.82, 2.24) is 0 Å². The molecule has 1 fully saturated rings. The Kier molecular flexibility index (Phi) is 3.50. The standard InChI is InChI=1S/C14H21BrN2/c1-10-4-5-11(8-12(10)15)17-7-6-14(2,3)13(16)9-17/h4-5,8,13H,6-7,9,16H2,1-3H3. The van der Waals surface area contributed by atoms with Crippen LogP contribution in [0.5, 0.6) is 0 Å². The number of hydrogen-bond acceptors (Lipinski definition) is 2. The Morgan fingerprint density at radius 1 is 1.41 bits per heavy atom. The normalized spacial score (nSPS) is 23.8. The summed E-state index contributed by atoms with van der Waals surface area (Å²) in [6.07, 6.45) is 1.15. The van der Waals surface area contributed by atoms with Crippen LogP contribution in [-0.4, -0.2) is 19.1 Å². The summed E-state index contributed by atoms with van der Waals surface area (Å²) in [6, 6.07) is 6.78. The van der Waals surface area contributed by atoms with Gasteiger partial charge >= 0.3 is 0 Å². The first-order valence-electron chi connectivity index (χ1n) is 6.17. The van der Waals surface area contributed by atoms with Crippen LogP contribution < -0.4 is 10.6 Å². The van der Waals surface area contributed by atoms with Crippen LogP contribution in [0.25, 0.3) is 0 Å². The monoisotopic (exact) mass is 296 g/mol. The average Bonchev–Trinajstić information content (AvgIpc) is 2.26. The lowest BCUT2D eigenvalue weighted by atomic mass is 9.78. The molecule has 1 aliphatic rings. The predicted octanol–water partition coefficient (Wildman–Crippen LogP) is 3.32. The largest absolute Gasteiger partial charge is 0.370 e. The fraction of sp³-hybridized carbons (Fsp3) is 0.571. The fourth-order valence-corrected chi connectivity index (χ4v) is 2.56. The van der Waals surface area contributed by atoms with Crippen LogP contribution in [0, 0.1) is 12.3 Å². The molecule has 1 atom stereocenters. The van der Waals surface area contributed by atoms with Gasteiger partial charge in [0.2, 0.25) is 0 Å². The molecule has 0 bridgehead atoms. The molecule has 1 unspecified atom stereocenters. The van der Waals surface area contributed by atoms with Gasteiger partial charge in [-0.3, -0.25) is 0 Å². The zero-order valence-electron chi connectivity index (χ0n) is 10.8. The van der Waals surface area contributed by atoms with Crippen molar-refractivity contribution in [2.45, 2.75) is 33.2 Å². The lowest BCUT2D eigenvalue weighted by Crippen LogP contribution is -2.52. The van der Waals surface area contributed by atoms with Gasteiger partial charge in [0, 0.05) is 29.3 Å². The maximum absolute atomic E-state index is 6.25. The van der Waals surface area contributed by atoms with Crippen molar-refractivity contribution in [3.8, 4) is 0 Å². The Balaban J connectivity index is 2.17. The Morgan fingerprint density at radius 2 is 2.12 bits per heavy atom. The lowest BCUT2D eigenvalue weighted by molar-refractivity contribution is 0.235. The molecule has 0 amide bonds. The van der Waals surface area contributed by atoms with Crippen LogP contribution >= 0.6 is 15.9 Å². The van der Waals surface area contributed by atoms with Crippen LogP contribution in [0.4, 0.5) is 5.69 Å². The minimum atomic E-state index is 0.247. The van der Waals surface area contributed by atoms with E-state index in [1.54, 1.807) is 0 Å². The van der Waals surface area contributed by atoms with Crippen LogP contribution in [0.15, 0.2) is 22.7 Å². The van der Waals surface area contributed by atoms with Gasteiger partial charge in [-0.2, -0.15) is 0 Å². The number of halogens is 1. The quantitative estimate of drug-likeness (QED) is 0.861. The van der Waals surface area contributed by atoms with Gasteiger partial charge in [0.15, 0.2) is 0 Å². The number of rotatable bonds is 1. The van der Waals surface area contributed by atoms with Crippen molar-refractivity contribution in [2.75, 3.05) is 18.0 Å². The predicted molar refractivity (Wildman–Crippen MR) is 77.5 cm³/mol. The minimum absolute atomic E-state index is 0.247. The summed E-state index contributed by atoms with van der Waals surface area (Å²) in [5.41, 5.74) is 9.06. The highest BCUT2D eigenvalue weighted by atomic mass is 79.9. The Labute approximate surface area is 112 Å². The number of piperidine rings is 1. The van der Waals surface area contributed by atoms with Crippen LogP contribution in [0.3, 0.4) is 0 Å². The van der Waals surface area contributed by atoms with Crippen molar-refractivity contribution < 1.29 is 0 Å². The van der Waals surface area contributed by atoms with Gasteiger partial charge in [0.1, 0.15) is 0 Å². The van der Waals surface area contributed by atoms with E-state index < -0.39 is 0 Å². The summed E-state index contributed by atoms with van der Waals surface area (Å²) in [7, 11) is 0. The van der Waals surface area contributed by atoms with E-state index in [1.807, 2.05) is 0 Å². The van der Waals surface area contributed by atoms with Gasteiger partial charge in [-0.05, 0) is 36.5 Å². The molecule has 2 nitrogen and oxygen atoms in total. The zero-order valence-corrected chi connectivity index (χ0v) is 12.4. The van der Waals surface area contributed by atoms with E-state index in [9.17, 15) is 0 Å². The van der Waals surface area contributed by atoms with E-state index in [-0.39, 0.29) is 11.5 Å². The Morgan fingerprint density at radius 3 is 2.71 bits per heavy atom. The summed E-state index contributed by atoms with van der Waals surface area (Å²) >= 11 is 3.59. The molecular weight excluding hydrogens is 276 g/mol. The van der Waals surface area contributed by atoms with Gasteiger partial charge in [-0.1, -0.05) is 35.8 Å². The molecule has 1 saturated heterocycles. The van der Waals surface area contributed by atoms with E-state index in [0.29, 0.717) is 0 Å². The first kappa shape index (κ1) is 12.9. The first-order chi connectivity index (χ1) is 7.90. The maximum atomic E-state index is 6.25. The summed E-state index contributed by atoms with van der Waals surface area (Å²) in [5, 5.41) is 0. The van der Waals surface area contributed by atoms with Crippen molar-refractivity contribution >= 4 is 21.6 Å². The fourth-order valence-electron chi connectivity index (χ4n) is 2.20. The van der Waals surface area contributed by atoms with E-state index in [1.165, 1.54) is 15.7 Å². The second-order valence-electron chi connectivity index (χ2n) is 5.72. The van der Waals surface area contributed by atoms with Crippen molar-refractivity contribution in [1.29, 1.82) is 0 Å². The van der Waals surface area contributed by atoms with E-state index in [4.69, 9.17) is 5.73 Å². The highest BCUT2D eigenvalue weighted by molar-refractivity contribution is 9.10. The molecule has 0 aliphatic carbocycles. The van der Waals surface area contributed by atoms with Gasteiger partial charge < -0.3 is 10.6 Å². The maximum Gasteiger partial charge on any atom is 0.0378 e. The van der Waals surface area contributed by atoms with Gasteiger partial charge in [0.25, 0.3) is 0 Å². The molecule has 0 saturated carbocycles. The number of nitrogens with zero attached hydrogens (tertiary/aromatic N) is 1. The van der Waals surface area contributed by atoms with E-state index >= 15 is 0 Å². The summed E-state index contributed by atoms with van der Waals surface area (Å²) in [6.45, 7) is 8.68. The average molecular weight is 297 g/mol. The zero-order chi connectivity index (χ0) is 12.6. The van der Waals surface area contributed by atoms with Crippen molar-refractivity contribution in [3.05, 3.63) is 28.2 Å². The molecule has 0 aromatic heterocycles. The van der Waals surface area contributed by atoms with Crippen molar-refractivity contribution in [3.63, 3.8) is 0 Å². The van der Waals surface area contributed by atoms with Crippen LogP contribution in [0.2, 0.25) is 0 Å². The molecule has 94 valence electrons. The van der Waals surface area contributed by atoms with E-state index in [2.05, 4.69) is 59.8 Å². The molecule has 17 heavy (non-hydrogen) atoms. The summed E-state index contributed by atoms with van der Waals surface area (Å²) in [4.78, 5) is 2.39. The highest BCUT2D eigenvalue weighted by Crippen LogP contribution is 2.32. The number of nitrogens with two attached hydrogens (primary N) is 1. The number of hydrogen-bond donors (Lipinski definition) is 1. The van der Waals surface area contributed by atoms with E-state index in [0.717, 1.165) is 19.5 Å². The molecule has 2 N–H and O–H groups in total. The second kappa shape index (κ2) is 4.62. The smallest absolute Gasteiger partial charge is 0.0378 e. The molecule has 3 heteroatoms. The molecule has 0 spiro atoms. The molecule has 1 aromatic rings. The topological polar surface area (TPSA) is 29.3 Å². The highest BCUT2D eigenvalue weighted by Gasteiger charge is 2.32. The number of aryl methyl sites for hydroxylation is 1. The molecule has 2 rings (SSSR count). The molecule has 1 heterocycles. The molecule has 1 aliphatic heterocycles. The van der Waals surface area contributed by atoms with Crippen molar-refractivity contribution in [2.24, 2.45) is 11.1 Å². The molecule has 0 radical (unpaired) electrons. The van der Waals surface area contributed by atoms with Crippen LogP contribution in [0.1, 0.15) is 25.8 Å². The summed E-state index contributed by atoms with van der Waals surface area (Å²) in [5.74, 6) is 0. The third kappa shape index (κ3) is 2.66. The molecular formula is C14H21BrN2. The minimum Gasteiger partial charge on any atom is -0.370 e. The molecule has 1 aromatic carbocycles. The van der Waals surface area contributed by atoms with Crippen LogP contribution in [-0.2, 0) is 0 Å². The number of benzene rings is 1. The second-order valence-corrected chi connectivity index (χ2v) is 6.58. The third-order valence-electron chi connectivity index (χ3n) is 3.97. The first-order valence-corrected chi connectivity index (χ1v) is 6.96. The lowest BCUT2D eigenvalue weighted by Gasteiger charge is -2.43. The van der Waals surface area contributed by atoms with Gasteiger partial charge in [-0.25, -0.2) is 0 Å². The van der Waals surface area contributed by atoms with Gasteiger partial charge in [0.05, 0.1) is 0 Å². The number of anilines is 1. The Bertz CT molecular complexity index is 415. The summed E-state index contributed by atoms with van der Waals surface area (Å²) < 4.78 is 1.17. The SMILES string of the molecule is Cc1ccc(N2CCC(C)(C)C(N)C2)cc1Br.